The second kappa shape index (κ2) is 9.48. The second-order valence-corrected chi connectivity index (χ2v) is 8.40. The highest BCUT2D eigenvalue weighted by atomic mass is 16.5. The van der Waals surface area contributed by atoms with Crippen molar-refractivity contribution in [3.63, 3.8) is 0 Å². The molecule has 1 fully saturated rings. The van der Waals surface area contributed by atoms with Crippen LogP contribution >= 0.6 is 0 Å². The smallest absolute Gasteiger partial charge is 0.275 e. The monoisotopic (exact) mass is 455 g/mol. The van der Waals surface area contributed by atoms with E-state index in [9.17, 15) is 4.79 Å². The zero-order valence-electron chi connectivity index (χ0n) is 19.0. The predicted octanol–water partition coefficient (Wildman–Crippen LogP) is 4.13. The zero-order chi connectivity index (χ0) is 23.5. The first-order chi connectivity index (χ1) is 16.6. The Bertz CT molecular complexity index is 1300. The molecule has 0 aliphatic heterocycles. The summed E-state index contributed by atoms with van der Waals surface area (Å²) in [4.78, 5) is 26.3. The van der Waals surface area contributed by atoms with Gasteiger partial charge in [0.25, 0.3) is 5.91 Å². The van der Waals surface area contributed by atoms with Gasteiger partial charge < -0.3 is 14.6 Å². The van der Waals surface area contributed by atoms with Gasteiger partial charge in [-0.05, 0) is 55.7 Å². The molecule has 1 amide bonds. The summed E-state index contributed by atoms with van der Waals surface area (Å²) in [6.45, 7) is 2.53. The third-order valence-corrected chi connectivity index (χ3v) is 5.78. The van der Waals surface area contributed by atoms with Crippen molar-refractivity contribution >= 4 is 11.7 Å². The molecule has 172 valence electrons. The molecule has 4 aromatic heterocycles. The van der Waals surface area contributed by atoms with Crippen LogP contribution in [0.4, 0.5) is 5.82 Å². The van der Waals surface area contributed by atoms with Gasteiger partial charge in [0.2, 0.25) is 0 Å². The van der Waals surface area contributed by atoms with E-state index < -0.39 is 0 Å². The molecule has 1 atom stereocenters. The molecular weight excluding hydrogens is 430 g/mol. The first-order valence-electron chi connectivity index (χ1n) is 11.2. The Morgan fingerprint density at radius 1 is 1.18 bits per heavy atom. The lowest BCUT2D eigenvalue weighted by Crippen LogP contribution is -2.15. The number of aromatic nitrogens is 6. The number of nitrogens with zero attached hydrogens (tertiary/aromatic N) is 6. The highest BCUT2D eigenvalue weighted by Gasteiger charge is 2.24. The van der Waals surface area contributed by atoms with Gasteiger partial charge in [-0.2, -0.15) is 0 Å². The van der Waals surface area contributed by atoms with Gasteiger partial charge in [0.05, 0.1) is 12.6 Å². The van der Waals surface area contributed by atoms with Gasteiger partial charge >= 0.3 is 0 Å². The number of nitrogens with one attached hydrogen (secondary N) is 1. The summed E-state index contributed by atoms with van der Waals surface area (Å²) < 4.78 is 7.13. The van der Waals surface area contributed by atoms with Crippen molar-refractivity contribution in [1.29, 1.82) is 0 Å². The molecular formula is C25H25N7O2. The van der Waals surface area contributed by atoms with Crippen molar-refractivity contribution in [1.82, 2.24) is 29.7 Å². The van der Waals surface area contributed by atoms with Crippen LogP contribution in [0, 0.1) is 0 Å². The Morgan fingerprint density at radius 3 is 2.82 bits per heavy atom. The molecule has 9 nitrogen and oxygen atoms in total. The molecule has 1 saturated carbocycles. The van der Waals surface area contributed by atoms with E-state index in [0.717, 1.165) is 16.8 Å². The molecule has 0 aromatic carbocycles. The largest absolute Gasteiger partial charge is 0.383 e. The van der Waals surface area contributed by atoms with Crippen LogP contribution in [-0.2, 0) is 4.74 Å². The summed E-state index contributed by atoms with van der Waals surface area (Å²) in [6.07, 6.45) is 7.56. The van der Waals surface area contributed by atoms with E-state index in [0.29, 0.717) is 35.6 Å². The van der Waals surface area contributed by atoms with Crippen molar-refractivity contribution in [3.8, 4) is 22.6 Å². The van der Waals surface area contributed by atoms with E-state index in [1.165, 1.54) is 12.8 Å². The van der Waals surface area contributed by atoms with Gasteiger partial charge in [0.15, 0.2) is 5.82 Å². The van der Waals surface area contributed by atoms with E-state index >= 15 is 0 Å². The fraction of sp³-hybridized carbons (Fsp3) is 0.280. The number of amides is 1. The normalized spacial score (nSPS) is 14.1. The molecule has 0 radical (unpaired) electrons. The quantitative estimate of drug-likeness (QED) is 0.425. The highest BCUT2D eigenvalue weighted by molar-refractivity contribution is 6.03. The maximum Gasteiger partial charge on any atom is 0.275 e. The number of ether oxygens (including phenoxy) is 1. The summed E-state index contributed by atoms with van der Waals surface area (Å²) >= 11 is 0. The number of carbonyl (C=O) groups is 1. The minimum Gasteiger partial charge on any atom is -0.383 e. The van der Waals surface area contributed by atoms with Crippen LogP contribution < -0.4 is 5.32 Å². The molecule has 1 unspecified atom stereocenters. The van der Waals surface area contributed by atoms with Crippen LogP contribution in [0.2, 0.25) is 0 Å². The van der Waals surface area contributed by atoms with E-state index in [2.05, 4.69) is 36.5 Å². The summed E-state index contributed by atoms with van der Waals surface area (Å²) in [6, 6.07) is 13.1. The molecule has 0 bridgehead atoms. The standard InChI is InChI=1S/C25H25N7O2/c1-16(14-34-2)32-15-28-31-24(32)21-4-3-5-23(29-21)30-25(33)22-12-18(10-11-26-22)19-8-9-20(27-13-19)17-6-7-17/h3-5,8-13,15-17H,6-7,14H2,1-2H3,(H,29,30,33). The number of methoxy groups -OCH3 is 1. The summed E-state index contributed by atoms with van der Waals surface area (Å²) in [7, 11) is 1.65. The summed E-state index contributed by atoms with van der Waals surface area (Å²) in [5.74, 6) is 1.26. The lowest BCUT2D eigenvalue weighted by atomic mass is 10.1. The van der Waals surface area contributed by atoms with E-state index in [1.54, 1.807) is 31.8 Å². The molecule has 34 heavy (non-hydrogen) atoms. The predicted molar refractivity (Wildman–Crippen MR) is 127 cm³/mol. The molecule has 4 aromatic rings. The fourth-order valence-corrected chi connectivity index (χ4v) is 3.81. The SMILES string of the molecule is COCC(C)n1cnnc1-c1cccc(NC(=O)c2cc(-c3ccc(C4CC4)nc3)ccn2)n1. The molecule has 9 heteroatoms. The lowest BCUT2D eigenvalue weighted by Gasteiger charge is -2.14. The summed E-state index contributed by atoms with van der Waals surface area (Å²) in [5, 5.41) is 11.0. The van der Waals surface area contributed by atoms with Gasteiger partial charge in [-0.15, -0.1) is 10.2 Å². The van der Waals surface area contributed by atoms with Crippen molar-refractivity contribution in [2.75, 3.05) is 19.0 Å². The third kappa shape index (κ3) is 4.69. The van der Waals surface area contributed by atoms with Crippen LogP contribution in [-0.4, -0.2) is 49.3 Å². The van der Waals surface area contributed by atoms with Crippen molar-refractivity contribution < 1.29 is 9.53 Å². The van der Waals surface area contributed by atoms with Gasteiger partial charge in [-0.3, -0.25) is 14.8 Å². The average molecular weight is 456 g/mol. The second-order valence-electron chi connectivity index (χ2n) is 8.40. The van der Waals surface area contributed by atoms with Gasteiger partial charge in [-0.25, -0.2) is 4.98 Å². The topological polar surface area (TPSA) is 108 Å². The molecule has 1 aliphatic rings. The van der Waals surface area contributed by atoms with Gasteiger partial charge in [0, 0.05) is 36.7 Å². The molecule has 0 spiro atoms. The van der Waals surface area contributed by atoms with Crippen LogP contribution in [0.3, 0.4) is 0 Å². The van der Waals surface area contributed by atoms with Crippen LogP contribution in [0.1, 0.15) is 47.9 Å². The Morgan fingerprint density at radius 2 is 2.06 bits per heavy atom. The zero-order valence-corrected chi connectivity index (χ0v) is 19.0. The van der Waals surface area contributed by atoms with Crippen LogP contribution in [0.15, 0.2) is 61.2 Å². The fourth-order valence-electron chi connectivity index (χ4n) is 3.81. The average Bonchev–Trinajstić information content (AvgIpc) is 3.60. The molecule has 4 heterocycles. The molecule has 1 N–H and O–H groups in total. The number of hydrogen-bond donors (Lipinski definition) is 1. The Balaban J connectivity index is 1.33. The molecule has 1 aliphatic carbocycles. The lowest BCUT2D eigenvalue weighted by molar-refractivity contribution is 0.102. The number of anilines is 1. The van der Waals surface area contributed by atoms with E-state index in [-0.39, 0.29) is 11.9 Å². The number of carbonyl (C=O) groups excluding carboxylic acids is 1. The maximum atomic E-state index is 12.9. The van der Waals surface area contributed by atoms with Crippen LogP contribution in [0.25, 0.3) is 22.6 Å². The van der Waals surface area contributed by atoms with Gasteiger partial charge in [0.1, 0.15) is 23.5 Å². The minimum atomic E-state index is -0.344. The third-order valence-electron chi connectivity index (χ3n) is 5.78. The van der Waals surface area contributed by atoms with Gasteiger partial charge in [-0.1, -0.05) is 12.1 Å². The number of pyridine rings is 3. The number of rotatable bonds is 8. The molecule has 5 rings (SSSR count). The Hall–Kier alpha value is -3.98. The van der Waals surface area contributed by atoms with Crippen molar-refractivity contribution in [2.24, 2.45) is 0 Å². The Kier molecular flexibility index (Phi) is 6.09. The first kappa shape index (κ1) is 21.8. The minimum absolute atomic E-state index is 0.0369. The summed E-state index contributed by atoms with van der Waals surface area (Å²) in [5.41, 5.74) is 3.87. The van der Waals surface area contributed by atoms with E-state index in [4.69, 9.17) is 4.74 Å². The van der Waals surface area contributed by atoms with E-state index in [1.807, 2.05) is 42.0 Å². The first-order valence-corrected chi connectivity index (χ1v) is 11.2. The van der Waals surface area contributed by atoms with Crippen molar-refractivity contribution in [3.05, 3.63) is 72.6 Å². The van der Waals surface area contributed by atoms with Crippen molar-refractivity contribution in [2.45, 2.75) is 31.7 Å². The Labute approximate surface area is 197 Å². The van der Waals surface area contributed by atoms with Crippen LogP contribution in [0.5, 0.6) is 0 Å². The number of hydrogen-bond acceptors (Lipinski definition) is 7. The molecule has 0 saturated heterocycles. The maximum absolute atomic E-state index is 12.9. The highest BCUT2D eigenvalue weighted by Crippen LogP contribution is 2.39.